The Bertz CT molecular complexity index is 947. The molecule has 0 radical (unpaired) electrons. The molecule has 3 aromatic rings. The Morgan fingerprint density at radius 2 is 1.96 bits per heavy atom. The lowest BCUT2D eigenvalue weighted by Crippen LogP contribution is -2.18. The second-order valence-corrected chi connectivity index (χ2v) is 4.91. The summed E-state index contributed by atoms with van der Waals surface area (Å²) in [7, 11) is 1.47. The lowest BCUT2D eigenvalue weighted by atomic mass is 10.2. The highest BCUT2D eigenvalue weighted by Gasteiger charge is 2.15. The highest BCUT2D eigenvalue weighted by Crippen LogP contribution is 2.19. The van der Waals surface area contributed by atoms with Gasteiger partial charge in [0.05, 0.1) is 13.2 Å². The third kappa shape index (κ3) is 2.78. The van der Waals surface area contributed by atoms with Crippen LogP contribution < -0.4 is 15.0 Å². The third-order valence-electron chi connectivity index (χ3n) is 3.39. The van der Waals surface area contributed by atoms with Gasteiger partial charge < -0.3 is 9.47 Å². The number of nitrogens with zero attached hydrogens (tertiary/aromatic N) is 2. The van der Waals surface area contributed by atoms with Gasteiger partial charge in [0.2, 0.25) is 5.88 Å². The number of ether oxygens (including phenoxy) is 2. The minimum absolute atomic E-state index is 0.0415. The molecule has 0 spiro atoms. The summed E-state index contributed by atoms with van der Waals surface area (Å²) in [4.78, 5) is 28.6. The van der Waals surface area contributed by atoms with E-state index in [0.717, 1.165) is 5.56 Å². The van der Waals surface area contributed by atoms with E-state index in [4.69, 9.17) is 9.47 Å². The first kappa shape index (κ1) is 14.8. The molecule has 6 heteroatoms. The number of para-hydroxylation sites is 1. The van der Waals surface area contributed by atoms with Crippen molar-refractivity contribution in [1.82, 2.24) is 9.38 Å². The van der Waals surface area contributed by atoms with Crippen molar-refractivity contribution < 1.29 is 14.3 Å². The molecule has 6 nitrogen and oxygen atoms in total. The average Bonchev–Trinajstić information content (AvgIpc) is 2.56. The molecule has 0 aliphatic heterocycles. The molecule has 0 aliphatic rings. The number of rotatable bonds is 3. The zero-order chi connectivity index (χ0) is 16.4. The van der Waals surface area contributed by atoms with Crippen LogP contribution in [0.4, 0.5) is 0 Å². The maximum atomic E-state index is 12.3. The van der Waals surface area contributed by atoms with Gasteiger partial charge in [-0.25, -0.2) is 4.79 Å². The molecule has 0 bridgehead atoms. The number of carbonyl (C=O) groups excluding carboxylic acids is 1. The SMILES string of the molecule is COc1ccccc1C(=O)Oc1cc(=O)n2cccc(C)c2n1. The van der Waals surface area contributed by atoms with E-state index < -0.39 is 5.97 Å². The predicted molar refractivity (Wildman–Crippen MR) is 84.2 cm³/mol. The number of aryl methyl sites for hydroxylation is 1. The molecule has 2 aromatic heterocycles. The largest absolute Gasteiger partial charge is 0.496 e. The zero-order valence-electron chi connectivity index (χ0n) is 12.6. The Hall–Kier alpha value is -3.15. The van der Waals surface area contributed by atoms with Crippen LogP contribution >= 0.6 is 0 Å². The molecule has 116 valence electrons. The highest BCUT2D eigenvalue weighted by atomic mass is 16.5. The normalized spacial score (nSPS) is 10.5. The van der Waals surface area contributed by atoms with Crippen LogP contribution in [0.5, 0.6) is 11.6 Å². The quantitative estimate of drug-likeness (QED) is 0.694. The number of hydrogen-bond acceptors (Lipinski definition) is 5. The number of methoxy groups -OCH3 is 1. The van der Waals surface area contributed by atoms with E-state index in [1.54, 1.807) is 36.5 Å². The van der Waals surface area contributed by atoms with Gasteiger partial charge in [0, 0.05) is 6.20 Å². The summed E-state index contributed by atoms with van der Waals surface area (Å²) >= 11 is 0. The van der Waals surface area contributed by atoms with E-state index in [0.29, 0.717) is 11.4 Å². The Labute approximate surface area is 131 Å². The minimum atomic E-state index is -0.632. The van der Waals surface area contributed by atoms with Gasteiger partial charge >= 0.3 is 5.97 Å². The van der Waals surface area contributed by atoms with Crippen molar-refractivity contribution in [1.29, 1.82) is 0 Å². The molecule has 3 rings (SSSR count). The van der Waals surface area contributed by atoms with Crippen molar-refractivity contribution in [3.8, 4) is 11.6 Å². The fourth-order valence-corrected chi connectivity index (χ4v) is 2.26. The third-order valence-corrected chi connectivity index (χ3v) is 3.39. The first-order valence-electron chi connectivity index (χ1n) is 6.94. The van der Waals surface area contributed by atoms with Crippen LogP contribution in [0.3, 0.4) is 0 Å². The highest BCUT2D eigenvalue weighted by molar-refractivity contribution is 5.93. The topological polar surface area (TPSA) is 69.9 Å². The van der Waals surface area contributed by atoms with Gasteiger partial charge in [-0.05, 0) is 30.7 Å². The van der Waals surface area contributed by atoms with E-state index in [9.17, 15) is 9.59 Å². The molecule has 0 N–H and O–H groups in total. The van der Waals surface area contributed by atoms with Crippen LogP contribution in [0.1, 0.15) is 15.9 Å². The first-order valence-corrected chi connectivity index (χ1v) is 6.94. The van der Waals surface area contributed by atoms with Crippen LogP contribution in [0.15, 0.2) is 53.5 Å². The summed E-state index contributed by atoms with van der Waals surface area (Å²) < 4.78 is 11.8. The number of benzene rings is 1. The molecular weight excluding hydrogens is 296 g/mol. The van der Waals surface area contributed by atoms with Gasteiger partial charge in [0.15, 0.2) is 0 Å². The molecule has 0 saturated carbocycles. The fraction of sp³-hybridized carbons (Fsp3) is 0.118. The molecule has 0 fully saturated rings. The van der Waals surface area contributed by atoms with Gasteiger partial charge in [-0.2, -0.15) is 4.98 Å². The van der Waals surface area contributed by atoms with Gasteiger partial charge in [-0.1, -0.05) is 18.2 Å². The molecule has 0 aliphatic carbocycles. The molecule has 0 atom stereocenters. The number of fused-ring (bicyclic) bond motifs is 1. The number of pyridine rings is 1. The van der Waals surface area contributed by atoms with Crippen molar-refractivity contribution in [2.45, 2.75) is 6.92 Å². The van der Waals surface area contributed by atoms with Gasteiger partial charge in [0.1, 0.15) is 17.0 Å². The van der Waals surface area contributed by atoms with Gasteiger partial charge in [-0.3, -0.25) is 9.20 Å². The number of esters is 1. The molecular formula is C17H14N2O4. The average molecular weight is 310 g/mol. The van der Waals surface area contributed by atoms with Crippen molar-refractivity contribution in [3.05, 3.63) is 70.1 Å². The summed E-state index contributed by atoms with van der Waals surface area (Å²) in [6.07, 6.45) is 1.61. The van der Waals surface area contributed by atoms with Crippen molar-refractivity contribution in [2.75, 3.05) is 7.11 Å². The van der Waals surface area contributed by atoms with Crippen LogP contribution in [-0.4, -0.2) is 22.5 Å². The molecule has 0 unspecified atom stereocenters. The summed E-state index contributed by atoms with van der Waals surface area (Å²) in [5.41, 5.74) is 1.20. The summed E-state index contributed by atoms with van der Waals surface area (Å²) in [5, 5.41) is 0. The minimum Gasteiger partial charge on any atom is -0.496 e. The maximum absolute atomic E-state index is 12.3. The second kappa shape index (κ2) is 5.92. The Morgan fingerprint density at radius 1 is 1.17 bits per heavy atom. The lowest BCUT2D eigenvalue weighted by Gasteiger charge is -2.09. The number of carbonyl (C=O) groups is 1. The molecule has 0 amide bonds. The molecule has 1 aromatic carbocycles. The molecule has 23 heavy (non-hydrogen) atoms. The molecule has 2 heterocycles. The molecule has 0 saturated heterocycles. The number of aromatic nitrogens is 2. The van der Waals surface area contributed by atoms with Crippen LogP contribution in [0.25, 0.3) is 5.65 Å². The van der Waals surface area contributed by atoms with Gasteiger partial charge in [0.25, 0.3) is 5.56 Å². The van der Waals surface area contributed by atoms with E-state index in [1.165, 1.54) is 17.6 Å². The van der Waals surface area contributed by atoms with E-state index in [1.807, 2.05) is 13.0 Å². The zero-order valence-corrected chi connectivity index (χ0v) is 12.6. The smallest absolute Gasteiger partial charge is 0.348 e. The fourth-order valence-electron chi connectivity index (χ4n) is 2.26. The van der Waals surface area contributed by atoms with E-state index >= 15 is 0 Å². The standard InChI is InChI=1S/C17H14N2O4/c1-11-6-5-9-19-15(20)10-14(18-16(11)19)23-17(21)12-7-3-4-8-13(12)22-2/h3-10H,1-2H3. The summed E-state index contributed by atoms with van der Waals surface area (Å²) in [6, 6.07) is 11.5. The second-order valence-electron chi connectivity index (χ2n) is 4.91. The Kier molecular flexibility index (Phi) is 3.80. The predicted octanol–water partition coefficient (Wildman–Crippen LogP) is 2.23. The lowest BCUT2D eigenvalue weighted by molar-refractivity contribution is 0.0724. The summed E-state index contributed by atoms with van der Waals surface area (Å²) in [6.45, 7) is 1.83. The van der Waals surface area contributed by atoms with Crippen molar-refractivity contribution in [2.24, 2.45) is 0 Å². The maximum Gasteiger partial charge on any atom is 0.348 e. The van der Waals surface area contributed by atoms with Gasteiger partial charge in [-0.15, -0.1) is 0 Å². The van der Waals surface area contributed by atoms with Crippen molar-refractivity contribution in [3.63, 3.8) is 0 Å². The summed E-state index contributed by atoms with van der Waals surface area (Å²) in [5.74, 6) is -0.279. The number of hydrogen-bond donors (Lipinski definition) is 0. The van der Waals surface area contributed by atoms with E-state index in [2.05, 4.69) is 4.98 Å². The van der Waals surface area contributed by atoms with Crippen molar-refractivity contribution >= 4 is 11.6 Å². The Balaban J connectivity index is 2.00. The Morgan fingerprint density at radius 3 is 2.74 bits per heavy atom. The van der Waals surface area contributed by atoms with Crippen LogP contribution in [0, 0.1) is 6.92 Å². The first-order chi connectivity index (χ1) is 11.1. The van der Waals surface area contributed by atoms with Crippen LogP contribution in [-0.2, 0) is 0 Å². The monoisotopic (exact) mass is 310 g/mol. The van der Waals surface area contributed by atoms with Crippen LogP contribution in [0.2, 0.25) is 0 Å². The van der Waals surface area contributed by atoms with E-state index in [-0.39, 0.29) is 17.0 Å².